The topological polar surface area (TPSA) is 88.2 Å². The fourth-order valence-electron chi connectivity index (χ4n) is 3.24. The Labute approximate surface area is 130 Å². The maximum absolute atomic E-state index is 14.3. The summed E-state index contributed by atoms with van der Waals surface area (Å²) in [5.41, 5.74) is 11.9. The van der Waals surface area contributed by atoms with Crippen molar-refractivity contribution >= 4 is 22.6 Å². The molecule has 1 aliphatic carbocycles. The average Bonchev–Trinajstić information content (AvgIpc) is 3.05. The highest BCUT2D eigenvalue weighted by molar-refractivity contribution is 8.15. The zero-order valence-electron chi connectivity index (χ0n) is 11.9. The number of benzene rings is 1. The molecule has 0 amide bonds. The summed E-state index contributed by atoms with van der Waals surface area (Å²) in [4.78, 5) is 4.22. The second kappa shape index (κ2) is 4.71. The maximum Gasteiger partial charge on any atom is 0.156 e. The molecule has 0 radical (unpaired) electrons. The predicted octanol–water partition coefficient (Wildman–Crippen LogP) is 2.62. The van der Waals surface area contributed by atoms with Gasteiger partial charge in [-0.3, -0.25) is 0 Å². The van der Waals surface area contributed by atoms with Gasteiger partial charge in [0.2, 0.25) is 0 Å². The molecule has 0 aromatic heterocycles. The fourth-order valence-corrected chi connectivity index (χ4v) is 4.57. The van der Waals surface area contributed by atoms with Gasteiger partial charge < -0.3 is 11.5 Å². The van der Waals surface area contributed by atoms with Crippen molar-refractivity contribution in [3.05, 3.63) is 40.7 Å². The summed E-state index contributed by atoms with van der Waals surface area (Å²) in [7, 11) is 0. The SMILES string of the molecule is CC1=C2[C@@]1(CC#N)SC(N)=N[C@]2(CF)c1cc(N)ccc1F. The van der Waals surface area contributed by atoms with Gasteiger partial charge in [0, 0.05) is 11.3 Å². The van der Waals surface area contributed by atoms with Gasteiger partial charge >= 0.3 is 0 Å². The molecule has 3 rings (SSSR count). The van der Waals surface area contributed by atoms with Crippen LogP contribution in [0, 0.1) is 17.1 Å². The quantitative estimate of drug-likeness (QED) is 0.662. The molecule has 4 N–H and O–H groups in total. The first-order chi connectivity index (χ1) is 10.4. The minimum Gasteiger partial charge on any atom is -0.399 e. The number of anilines is 1. The number of thioether (sulfide) groups is 1. The first-order valence-corrected chi connectivity index (χ1v) is 7.48. The molecule has 0 saturated carbocycles. The molecule has 0 spiro atoms. The molecule has 0 bridgehead atoms. The Hall–Kier alpha value is -2.07. The smallest absolute Gasteiger partial charge is 0.156 e. The number of amidine groups is 1. The van der Waals surface area contributed by atoms with Crippen molar-refractivity contribution in [2.75, 3.05) is 12.4 Å². The second-order valence-corrected chi connectivity index (χ2v) is 6.77. The molecule has 1 aromatic rings. The molecule has 1 aliphatic heterocycles. The molecule has 0 unspecified atom stereocenters. The number of alkyl halides is 1. The zero-order chi connectivity index (χ0) is 16.1. The molecule has 4 nitrogen and oxygen atoms in total. The lowest BCUT2D eigenvalue weighted by atomic mass is 9.85. The van der Waals surface area contributed by atoms with E-state index in [9.17, 15) is 8.78 Å². The Balaban J connectivity index is 2.23. The summed E-state index contributed by atoms with van der Waals surface area (Å²) in [5.74, 6) is -0.589. The lowest BCUT2D eigenvalue weighted by Gasteiger charge is -2.34. The molecule has 2 aliphatic rings. The number of hydrogen-bond acceptors (Lipinski definition) is 5. The van der Waals surface area contributed by atoms with Crippen LogP contribution in [0.4, 0.5) is 14.5 Å². The van der Waals surface area contributed by atoms with E-state index in [2.05, 4.69) is 11.1 Å². The fraction of sp³-hybridized carbons (Fsp3) is 0.333. The van der Waals surface area contributed by atoms with Gasteiger partial charge in [0.25, 0.3) is 0 Å². The van der Waals surface area contributed by atoms with E-state index >= 15 is 0 Å². The summed E-state index contributed by atoms with van der Waals surface area (Å²) in [6, 6.07) is 6.09. The minimum absolute atomic E-state index is 0.0624. The lowest BCUT2D eigenvalue weighted by molar-refractivity contribution is 0.347. The molecule has 1 heterocycles. The van der Waals surface area contributed by atoms with Crippen LogP contribution >= 0.6 is 11.8 Å². The zero-order valence-corrected chi connectivity index (χ0v) is 12.7. The number of rotatable bonds is 3. The van der Waals surface area contributed by atoms with Gasteiger partial charge in [0.05, 0.1) is 17.2 Å². The van der Waals surface area contributed by atoms with Crippen LogP contribution in [-0.2, 0) is 5.54 Å². The number of nitrogens with two attached hydrogens (primary N) is 2. The highest BCUT2D eigenvalue weighted by Gasteiger charge is 2.64. The van der Waals surface area contributed by atoms with Crippen LogP contribution in [0.5, 0.6) is 0 Å². The Morgan fingerprint density at radius 3 is 2.77 bits per heavy atom. The van der Waals surface area contributed by atoms with E-state index in [0.29, 0.717) is 11.3 Å². The van der Waals surface area contributed by atoms with Crippen molar-refractivity contribution in [3.63, 3.8) is 0 Å². The third kappa shape index (κ3) is 1.77. The molecule has 114 valence electrons. The Kier molecular flexibility index (Phi) is 3.18. The van der Waals surface area contributed by atoms with Crippen LogP contribution in [-0.4, -0.2) is 16.6 Å². The Morgan fingerprint density at radius 2 is 2.14 bits per heavy atom. The molecule has 0 fully saturated rings. The van der Waals surface area contributed by atoms with Gasteiger partial charge in [-0.05, 0) is 36.3 Å². The van der Waals surface area contributed by atoms with E-state index < -0.39 is 22.8 Å². The highest BCUT2D eigenvalue weighted by Crippen LogP contribution is 2.66. The van der Waals surface area contributed by atoms with E-state index in [-0.39, 0.29) is 17.2 Å². The van der Waals surface area contributed by atoms with Crippen molar-refractivity contribution in [3.8, 4) is 6.07 Å². The number of nitriles is 1. The van der Waals surface area contributed by atoms with Gasteiger partial charge in [-0.2, -0.15) is 5.26 Å². The van der Waals surface area contributed by atoms with Gasteiger partial charge in [0.1, 0.15) is 18.0 Å². The number of fused-ring (bicyclic) bond motifs is 1. The highest BCUT2D eigenvalue weighted by atomic mass is 32.2. The largest absolute Gasteiger partial charge is 0.399 e. The van der Waals surface area contributed by atoms with Crippen molar-refractivity contribution in [1.82, 2.24) is 0 Å². The van der Waals surface area contributed by atoms with Gasteiger partial charge in [-0.15, -0.1) is 0 Å². The van der Waals surface area contributed by atoms with E-state index in [0.717, 1.165) is 5.57 Å². The molecule has 1 aromatic carbocycles. The van der Waals surface area contributed by atoms with Crippen LogP contribution in [0.1, 0.15) is 18.9 Å². The molecular weight excluding hydrogens is 306 g/mol. The first kappa shape index (κ1) is 14.9. The van der Waals surface area contributed by atoms with Crippen LogP contribution < -0.4 is 11.5 Å². The molecular formula is C15H14F2N4S. The van der Waals surface area contributed by atoms with E-state index in [1.807, 2.05) is 6.92 Å². The average molecular weight is 320 g/mol. The molecule has 0 saturated heterocycles. The van der Waals surface area contributed by atoms with Crippen LogP contribution in [0.15, 0.2) is 34.3 Å². The number of nitrogen functional groups attached to an aromatic ring is 1. The Bertz CT molecular complexity index is 767. The van der Waals surface area contributed by atoms with Crippen molar-refractivity contribution in [1.29, 1.82) is 5.26 Å². The van der Waals surface area contributed by atoms with Crippen LogP contribution in [0.25, 0.3) is 0 Å². The van der Waals surface area contributed by atoms with Gasteiger partial charge in [-0.1, -0.05) is 11.8 Å². The number of aliphatic imine (C=N–C) groups is 1. The molecule has 22 heavy (non-hydrogen) atoms. The summed E-state index contributed by atoms with van der Waals surface area (Å²) >= 11 is 1.23. The van der Waals surface area contributed by atoms with Gasteiger partial charge in [0.15, 0.2) is 5.17 Å². The first-order valence-electron chi connectivity index (χ1n) is 6.66. The normalized spacial score (nSPS) is 29.6. The summed E-state index contributed by atoms with van der Waals surface area (Å²) in [6.07, 6.45) is 0.154. The molecule has 7 heteroatoms. The minimum atomic E-state index is -1.52. The summed E-state index contributed by atoms with van der Waals surface area (Å²) in [5, 5.41) is 9.22. The van der Waals surface area contributed by atoms with E-state index in [1.165, 1.54) is 30.0 Å². The molecule has 2 atom stereocenters. The van der Waals surface area contributed by atoms with Crippen molar-refractivity contribution < 1.29 is 8.78 Å². The second-order valence-electron chi connectivity index (χ2n) is 5.45. The number of nitrogens with zero attached hydrogens (tertiary/aromatic N) is 2. The van der Waals surface area contributed by atoms with Crippen molar-refractivity contribution in [2.24, 2.45) is 10.7 Å². The standard InChI is InChI=1S/C15H14F2N4S/c1-8-12-14(7-16,10-6-9(19)2-3-11(10)17)21-13(20)22-15(8,12)4-5-18/h2-3,6H,4,7,19H2,1H3,(H2,20,21)/t14-,15+/m1/s1. The number of hydrogen-bond donors (Lipinski definition) is 2. The third-order valence-electron chi connectivity index (χ3n) is 4.27. The summed E-state index contributed by atoms with van der Waals surface area (Å²) in [6.45, 7) is 0.872. The van der Waals surface area contributed by atoms with E-state index in [1.54, 1.807) is 0 Å². The number of halogens is 2. The van der Waals surface area contributed by atoms with E-state index in [4.69, 9.17) is 16.7 Å². The lowest BCUT2D eigenvalue weighted by Crippen LogP contribution is -2.38. The Morgan fingerprint density at radius 1 is 1.41 bits per heavy atom. The van der Waals surface area contributed by atoms with Crippen LogP contribution in [0.3, 0.4) is 0 Å². The van der Waals surface area contributed by atoms with Crippen molar-refractivity contribution in [2.45, 2.75) is 23.6 Å². The maximum atomic E-state index is 14.3. The third-order valence-corrected chi connectivity index (χ3v) is 5.58. The van der Waals surface area contributed by atoms with Crippen LogP contribution in [0.2, 0.25) is 0 Å². The summed E-state index contributed by atoms with van der Waals surface area (Å²) < 4.78 is 27.7. The predicted molar refractivity (Wildman–Crippen MR) is 83.3 cm³/mol. The monoisotopic (exact) mass is 320 g/mol. The van der Waals surface area contributed by atoms with Gasteiger partial charge in [-0.25, -0.2) is 13.8 Å².